The molecule has 0 aliphatic carbocycles. The van der Waals surface area contributed by atoms with Gasteiger partial charge in [0, 0.05) is 29.7 Å². The van der Waals surface area contributed by atoms with E-state index in [1.54, 1.807) is 18.2 Å². The maximum absolute atomic E-state index is 12.4. The number of hydrogen-bond acceptors (Lipinski definition) is 2. The smallest absolute Gasteiger partial charge is 0.253 e. The molecular formula is C18H17Cl2NO2. The number of hydrogen-bond donors (Lipinski definition) is 0. The number of amides is 1. The minimum Gasteiger partial charge on any atom is -0.487 e. The Morgan fingerprint density at radius 3 is 2.65 bits per heavy atom. The highest BCUT2D eigenvalue weighted by molar-refractivity contribution is 6.34. The van der Waals surface area contributed by atoms with Gasteiger partial charge in [-0.05, 0) is 42.7 Å². The predicted octanol–water partition coefficient (Wildman–Crippen LogP) is 4.81. The zero-order valence-electron chi connectivity index (χ0n) is 12.6. The normalized spacial score (nSPS) is 14.1. The first-order valence-corrected chi connectivity index (χ1v) is 8.35. The van der Waals surface area contributed by atoms with Gasteiger partial charge in [-0.1, -0.05) is 35.3 Å². The number of nitrogens with zero attached hydrogens (tertiary/aromatic N) is 1. The lowest BCUT2D eigenvalue weighted by atomic mass is 10.1. The molecule has 1 heterocycles. The van der Waals surface area contributed by atoms with E-state index in [1.165, 1.54) is 0 Å². The van der Waals surface area contributed by atoms with Crippen molar-refractivity contribution in [2.45, 2.75) is 19.4 Å². The van der Waals surface area contributed by atoms with E-state index in [4.69, 9.17) is 27.9 Å². The number of rotatable bonds is 4. The molecule has 3 nitrogen and oxygen atoms in total. The Morgan fingerprint density at radius 2 is 1.87 bits per heavy atom. The molecule has 5 heteroatoms. The fraction of sp³-hybridized carbons (Fsp3) is 0.278. The Bertz CT molecular complexity index is 712. The third-order valence-corrected chi connectivity index (χ3v) is 4.40. The molecule has 0 radical (unpaired) electrons. The molecule has 120 valence electrons. The summed E-state index contributed by atoms with van der Waals surface area (Å²) in [5.41, 5.74) is 1.62. The zero-order chi connectivity index (χ0) is 16.2. The average molecular weight is 350 g/mol. The quantitative estimate of drug-likeness (QED) is 0.792. The molecule has 1 aliphatic heterocycles. The van der Waals surface area contributed by atoms with Gasteiger partial charge in [-0.3, -0.25) is 4.79 Å². The largest absolute Gasteiger partial charge is 0.487 e. The second kappa shape index (κ2) is 7.24. The van der Waals surface area contributed by atoms with Crippen LogP contribution in [0.15, 0.2) is 42.5 Å². The summed E-state index contributed by atoms with van der Waals surface area (Å²) in [6, 6.07) is 12.6. The summed E-state index contributed by atoms with van der Waals surface area (Å²) in [6.07, 6.45) is 2.17. The highest BCUT2D eigenvalue weighted by Gasteiger charge is 2.19. The number of ether oxygens (including phenoxy) is 1. The van der Waals surface area contributed by atoms with Crippen molar-refractivity contribution >= 4 is 29.1 Å². The zero-order valence-corrected chi connectivity index (χ0v) is 14.1. The van der Waals surface area contributed by atoms with Gasteiger partial charge in [-0.2, -0.15) is 0 Å². The lowest BCUT2D eigenvalue weighted by molar-refractivity contribution is 0.0792. The Hall–Kier alpha value is -1.71. The Morgan fingerprint density at radius 1 is 1.09 bits per heavy atom. The third-order valence-electron chi connectivity index (χ3n) is 3.85. The SMILES string of the molecule is O=C(c1cccc(COc2cc(Cl)ccc2Cl)c1)N1CCCC1. The van der Waals surface area contributed by atoms with E-state index in [2.05, 4.69) is 0 Å². The molecule has 1 amide bonds. The highest BCUT2D eigenvalue weighted by atomic mass is 35.5. The molecule has 3 rings (SSSR count). The van der Waals surface area contributed by atoms with Gasteiger partial charge < -0.3 is 9.64 Å². The van der Waals surface area contributed by atoms with Crippen molar-refractivity contribution in [1.29, 1.82) is 0 Å². The first-order valence-electron chi connectivity index (χ1n) is 7.59. The van der Waals surface area contributed by atoms with Crippen molar-refractivity contribution in [3.05, 3.63) is 63.6 Å². The maximum Gasteiger partial charge on any atom is 0.253 e. The van der Waals surface area contributed by atoms with Crippen LogP contribution in [0.3, 0.4) is 0 Å². The Balaban J connectivity index is 1.70. The van der Waals surface area contributed by atoms with Gasteiger partial charge in [0.15, 0.2) is 0 Å². The number of carbonyl (C=O) groups is 1. The molecule has 23 heavy (non-hydrogen) atoms. The van der Waals surface area contributed by atoms with Crippen LogP contribution in [0.25, 0.3) is 0 Å². The van der Waals surface area contributed by atoms with Crippen molar-refractivity contribution < 1.29 is 9.53 Å². The highest BCUT2D eigenvalue weighted by Crippen LogP contribution is 2.28. The van der Waals surface area contributed by atoms with Gasteiger partial charge in [0.05, 0.1) is 5.02 Å². The van der Waals surface area contributed by atoms with Crippen LogP contribution >= 0.6 is 23.2 Å². The standard InChI is InChI=1S/C18H17Cl2NO2/c19-15-6-7-16(20)17(11-15)23-12-13-4-3-5-14(10-13)18(22)21-8-1-2-9-21/h3-7,10-11H,1-2,8-9,12H2. The van der Waals surface area contributed by atoms with Crippen LogP contribution in [-0.2, 0) is 6.61 Å². The number of carbonyl (C=O) groups excluding carboxylic acids is 1. The van der Waals surface area contributed by atoms with Gasteiger partial charge in [0.1, 0.15) is 12.4 Å². The molecule has 2 aromatic rings. The van der Waals surface area contributed by atoms with Crippen molar-refractivity contribution in [2.75, 3.05) is 13.1 Å². The second-order valence-corrected chi connectivity index (χ2v) is 6.41. The molecular weight excluding hydrogens is 333 g/mol. The van der Waals surface area contributed by atoms with Crippen LogP contribution in [0.1, 0.15) is 28.8 Å². The maximum atomic E-state index is 12.4. The molecule has 1 fully saturated rings. The molecule has 0 atom stereocenters. The first-order chi connectivity index (χ1) is 11.1. The van der Waals surface area contributed by atoms with Gasteiger partial charge >= 0.3 is 0 Å². The van der Waals surface area contributed by atoms with Crippen molar-refractivity contribution in [1.82, 2.24) is 4.90 Å². The molecule has 0 spiro atoms. The number of halogens is 2. The van der Waals surface area contributed by atoms with E-state index >= 15 is 0 Å². The van der Waals surface area contributed by atoms with Gasteiger partial charge in [0.25, 0.3) is 5.91 Å². The van der Waals surface area contributed by atoms with E-state index in [1.807, 2.05) is 29.2 Å². The number of benzene rings is 2. The molecule has 1 aliphatic rings. The monoisotopic (exact) mass is 349 g/mol. The Labute approximate surface area is 145 Å². The fourth-order valence-corrected chi connectivity index (χ4v) is 2.98. The van der Waals surface area contributed by atoms with Crippen molar-refractivity contribution in [2.24, 2.45) is 0 Å². The van der Waals surface area contributed by atoms with E-state index in [0.717, 1.165) is 31.5 Å². The second-order valence-electron chi connectivity index (χ2n) is 5.56. The van der Waals surface area contributed by atoms with Gasteiger partial charge in [-0.25, -0.2) is 0 Å². The van der Waals surface area contributed by atoms with Crippen LogP contribution < -0.4 is 4.74 Å². The summed E-state index contributed by atoms with van der Waals surface area (Å²) in [5.74, 6) is 0.626. The lowest BCUT2D eigenvalue weighted by Gasteiger charge is -2.16. The van der Waals surface area contributed by atoms with Crippen LogP contribution in [0.5, 0.6) is 5.75 Å². The van der Waals surface area contributed by atoms with Crippen LogP contribution in [0.4, 0.5) is 0 Å². The first kappa shape index (κ1) is 16.2. The Kier molecular flexibility index (Phi) is 5.09. The van der Waals surface area contributed by atoms with E-state index < -0.39 is 0 Å². The number of likely N-dealkylation sites (tertiary alicyclic amines) is 1. The molecule has 0 unspecified atom stereocenters. The van der Waals surface area contributed by atoms with E-state index in [0.29, 0.717) is 28.0 Å². The minimum atomic E-state index is 0.0881. The molecule has 0 bridgehead atoms. The van der Waals surface area contributed by atoms with E-state index in [-0.39, 0.29) is 5.91 Å². The summed E-state index contributed by atoms with van der Waals surface area (Å²) in [5, 5.41) is 1.08. The topological polar surface area (TPSA) is 29.5 Å². The summed E-state index contributed by atoms with van der Waals surface area (Å²) in [7, 11) is 0. The average Bonchev–Trinajstić information content (AvgIpc) is 3.10. The van der Waals surface area contributed by atoms with Gasteiger partial charge in [-0.15, -0.1) is 0 Å². The van der Waals surface area contributed by atoms with Crippen molar-refractivity contribution in [3.63, 3.8) is 0 Å². The molecule has 2 aromatic carbocycles. The predicted molar refractivity (Wildman–Crippen MR) is 92.4 cm³/mol. The molecule has 0 N–H and O–H groups in total. The van der Waals surface area contributed by atoms with E-state index in [9.17, 15) is 4.79 Å². The van der Waals surface area contributed by atoms with Crippen molar-refractivity contribution in [3.8, 4) is 5.75 Å². The van der Waals surface area contributed by atoms with Crippen LogP contribution in [0.2, 0.25) is 10.0 Å². The molecule has 0 aromatic heterocycles. The summed E-state index contributed by atoms with van der Waals surface area (Å²) < 4.78 is 5.72. The molecule has 0 saturated carbocycles. The summed E-state index contributed by atoms with van der Waals surface area (Å²) >= 11 is 12.0. The molecule has 1 saturated heterocycles. The third kappa shape index (κ3) is 3.98. The summed E-state index contributed by atoms with van der Waals surface area (Å²) in [4.78, 5) is 14.3. The summed E-state index contributed by atoms with van der Waals surface area (Å²) in [6.45, 7) is 2.02. The minimum absolute atomic E-state index is 0.0881. The lowest BCUT2D eigenvalue weighted by Crippen LogP contribution is -2.27. The van der Waals surface area contributed by atoms with Crippen LogP contribution in [-0.4, -0.2) is 23.9 Å². The van der Waals surface area contributed by atoms with Gasteiger partial charge in [0.2, 0.25) is 0 Å². The fourth-order valence-electron chi connectivity index (χ4n) is 2.65. The van der Waals surface area contributed by atoms with Crippen LogP contribution in [0, 0.1) is 0 Å².